The molecule has 1 aliphatic rings. The maximum absolute atomic E-state index is 11.1. The highest BCUT2D eigenvalue weighted by Crippen LogP contribution is 2.18. The Bertz CT molecular complexity index is 180. The molecule has 1 rings (SSSR count). The van der Waals surface area contributed by atoms with Gasteiger partial charge in [0.05, 0.1) is 18.9 Å². The highest BCUT2D eigenvalue weighted by atomic mass is 32.2. The summed E-state index contributed by atoms with van der Waals surface area (Å²) in [6.45, 7) is 3.78. The molecule has 0 radical (unpaired) electrons. The molecule has 0 N–H and O–H groups in total. The third kappa shape index (κ3) is 2.43. The number of hydrogen-bond donors (Lipinski definition) is 0. The van der Waals surface area contributed by atoms with Crippen LogP contribution in [0, 0.1) is 0 Å². The molecule has 1 saturated heterocycles. The zero-order chi connectivity index (χ0) is 8.97. The molecule has 3 nitrogen and oxygen atoms in total. The van der Waals surface area contributed by atoms with Crippen molar-refractivity contribution in [2.24, 2.45) is 0 Å². The molecule has 0 aromatic heterocycles. The first-order valence-electron chi connectivity index (χ1n) is 3.80. The number of thioether (sulfide) groups is 1. The maximum atomic E-state index is 11.1. The van der Waals surface area contributed by atoms with Crippen LogP contribution in [0.15, 0.2) is 0 Å². The van der Waals surface area contributed by atoms with E-state index in [1.807, 2.05) is 6.92 Å². The van der Waals surface area contributed by atoms with E-state index in [0.29, 0.717) is 29.8 Å². The first-order valence-corrected chi connectivity index (χ1v) is 5.20. The smallest absolute Gasteiger partial charge is 0.238 e. The van der Waals surface area contributed by atoms with Crippen LogP contribution in [-0.4, -0.2) is 40.6 Å². The van der Waals surface area contributed by atoms with Crippen LogP contribution in [0.1, 0.15) is 6.92 Å². The van der Waals surface area contributed by atoms with E-state index in [2.05, 4.69) is 0 Å². The van der Waals surface area contributed by atoms with Gasteiger partial charge in [-0.25, -0.2) is 0 Å². The first-order chi connectivity index (χ1) is 5.75. The molecular weight excluding hydrogens is 194 g/mol. The van der Waals surface area contributed by atoms with Crippen molar-refractivity contribution in [2.75, 3.05) is 25.5 Å². The fraction of sp³-hybridized carbons (Fsp3) is 0.714. The minimum absolute atomic E-state index is 0.102. The van der Waals surface area contributed by atoms with Gasteiger partial charge in [-0.1, -0.05) is 24.0 Å². The summed E-state index contributed by atoms with van der Waals surface area (Å²) in [6, 6.07) is 0. The zero-order valence-corrected chi connectivity index (χ0v) is 8.54. The summed E-state index contributed by atoms with van der Waals surface area (Å²) >= 11 is 6.40. The van der Waals surface area contributed by atoms with Gasteiger partial charge in [0.2, 0.25) is 5.91 Å². The third-order valence-corrected chi connectivity index (χ3v) is 2.94. The van der Waals surface area contributed by atoms with Crippen LogP contribution in [-0.2, 0) is 9.53 Å². The number of nitrogens with zero attached hydrogens (tertiary/aromatic N) is 1. The van der Waals surface area contributed by atoms with Crippen LogP contribution in [0.4, 0.5) is 0 Å². The van der Waals surface area contributed by atoms with Crippen LogP contribution < -0.4 is 0 Å². The second-order valence-corrected chi connectivity index (χ2v) is 3.91. The fourth-order valence-electron chi connectivity index (χ4n) is 0.897. The van der Waals surface area contributed by atoms with Gasteiger partial charge in [0, 0.05) is 6.61 Å². The van der Waals surface area contributed by atoms with Crippen LogP contribution in [0.2, 0.25) is 0 Å². The van der Waals surface area contributed by atoms with Crippen LogP contribution in [0.3, 0.4) is 0 Å². The number of rotatable bonds is 4. The van der Waals surface area contributed by atoms with Crippen molar-refractivity contribution in [1.29, 1.82) is 0 Å². The quantitative estimate of drug-likeness (QED) is 0.503. The summed E-state index contributed by atoms with van der Waals surface area (Å²) in [4.78, 5) is 12.7. The Morgan fingerprint density at radius 2 is 2.50 bits per heavy atom. The van der Waals surface area contributed by atoms with Crippen LogP contribution in [0.5, 0.6) is 0 Å². The molecule has 12 heavy (non-hydrogen) atoms. The lowest BCUT2D eigenvalue weighted by atomic mass is 10.5. The molecule has 0 aliphatic carbocycles. The molecule has 0 saturated carbocycles. The number of thiocarbonyl (C=S) groups is 1. The van der Waals surface area contributed by atoms with Gasteiger partial charge in [0.15, 0.2) is 0 Å². The Kier molecular flexibility index (Phi) is 3.97. The van der Waals surface area contributed by atoms with Gasteiger partial charge >= 0.3 is 0 Å². The molecule has 0 aromatic carbocycles. The number of ether oxygens (including phenoxy) is 1. The van der Waals surface area contributed by atoms with Crippen molar-refractivity contribution in [3.8, 4) is 0 Å². The lowest BCUT2D eigenvalue weighted by Gasteiger charge is -2.13. The monoisotopic (exact) mass is 205 g/mol. The summed E-state index contributed by atoms with van der Waals surface area (Å²) in [7, 11) is 0. The van der Waals surface area contributed by atoms with E-state index in [-0.39, 0.29) is 5.91 Å². The molecule has 1 amide bonds. The molecule has 5 heteroatoms. The molecular formula is C7H11NO2S2. The summed E-state index contributed by atoms with van der Waals surface area (Å²) < 4.78 is 5.81. The van der Waals surface area contributed by atoms with E-state index in [1.165, 1.54) is 11.8 Å². The second kappa shape index (κ2) is 4.79. The van der Waals surface area contributed by atoms with E-state index in [9.17, 15) is 4.79 Å². The first kappa shape index (κ1) is 9.95. The molecule has 0 unspecified atom stereocenters. The molecule has 1 heterocycles. The number of hydrogen-bond acceptors (Lipinski definition) is 4. The minimum atomic E-state index is 0.102. The van der Waals surface area contributed by atoms with Crippen molar-refractivity contribution < 1.29 is 9.53 Å². The van der Waals surface area contributed by atoms with Crippen molar-refractivity contribution in [2.45, 2.75) is 6.92 Å². The Hall–Kier alpha value is -0.130. The van der Waals surface area contributed by atoms with Gasteiger partial charge in [0.1, 0.15) is 4.32 Å². The zero-order valence-electron chi connectivity index (χ0n) is 6.91. The van der Waals surface area contributed by atoms with E-state index in [4.69, 9.17) is 17.0 Å². The Morgan fingerprint density at radius 3 is 3.00 bits per heavy atom. The van der Waals surface area contributed by atoms with Crippen molar-refractivity contribution in [3.63, 3.8) is 0 Å². The molecule has 0 atom stereocenters. The summed E-state index contributed by atoms with van der Waals surface area (Å²) in [6.07, 6.45) is 0. The van der Waals surface area contributed by atoms with Gasteiger partial charge in [0.25, 0.3) is 0 Å². The predicted octanol–water partition coefficient (Wildman–Crippen LogP) is 0.883. The number of carbonyl (C=O) groups excluding carboxylic acids is 1. The fourth-order valence-corrected chi connectivity index (χ4v) is 2.02. The van der Waals surface area contributed by atoms with E-state index < -0.39 is 0 Å². The molecule has 0 aromatic rings. The second-order valence-electron chi connectivity index (χ2n) is 2.30. The van der Waals surface area contributed by atoms with Crippen LogP contribution in [0.25, 0.3) is 0 Å². The van der Waals surface area contributed by atoms with Gasteiger partial charge in [-0.3, -0.25) is 9.69 Å². The summed E-state index contributed by atoms with van der Waals surface area (Å²) in [5.41, 5.74) is 0. The van der Waals surface area contributed by atoms with Crippen molar-refractivity contribution >= 4 is 34.2 Å². The summed E-state index contributed by atoms with van der Waals surface area (Å²) in [5.74, 6) is 0.593. The molecule has 1 aliphatic heterocycles. The van der Waals surface area contributed by atoms with Gasteiger partial charge < -0.3 is 4.74 Å². The highest BCUT2D eigenvalue weighted by molar-refractivity contribution is 8.23. The molecule has 0 bridgehead atoms. The SMILES string of the molecule is CCOCCN1C(=O)CSC1=S. The Morgan fingerprint density at radius 1 is 1.75 bits per heavy atom. The van der Waals surface area contributed by atoms with Crippen LogP contribution >= 0.6 is 24.0 Å². The van der Waals surface area contributed by atoms with Gasteiger partial charge in [-0.15, -0.1) is 0 Å². The lowest BCUT2D eigenvalue weighted by molar-refractivity contribution is -0.124. The topological polar surface area (TPSA) is 29.5 Å². The lowest BCUT2D eigenvalue weighted by Crippen LogP contribution is -2.31. The standard InChI is InChI=1S/C7H11NO2S2/c1-2-10-4-3-8-6(9)5-12-7(8)11/h2-5H2,1H3. The highest BCUT2D eigenvalue weighted by Gasteiger charge is 2.25. The van der Waals surface area contributed by atoms with E-state index >= 15 is 0 Å². The number of amides is 1. The van der Waals surface area contributed by atoms with E-state index in [0.717, 1.165) is 0 Å². The molecule has 1 fully saturated rings. The normalized spacial score (nSPS) is 17.6. The van der Waals surface area contributed by atoms with Crippen molar-refractivity contribution in [3.05, 3.63) is 0 Å². The number of carbonyl (C=O) groups is 1. The average Bonchev–Trinajstić information content (AvgIpc) is 2.35. The Labute approximate surface area is 81.4 Å². The largest absolute Gasteiger partial charge is 0.380 e. The van der Waals surface area contributed by atoms with Crippen molar-refractivity contribution in [1.82, 2.24) is 4.90 Å². The Balaban J connectivity index is 2.30. The molecule has 68 valence electrons. The van der Waals surface area contributed by atoms with Gasteiger partial charge in [-0.05, 0) is 6.92 Å². The average molecular weight is 205 g/mol. The van der Waals surface area contributed by atoms with Gasteiger partial charge in [-0.2, -0.15) is 0 Å². The maximum Gasteiger partial charge on any atom is 0.238 e. The summed E-state index contributed by atoms with van der Waals surface area (Å²) in [5, 5.41) is 0. The minimum Gasteiger partial charge on any atom is -0.380 e. The predicted molar refractivity (Wildman–Crippen MR) is 53.3 cm³/mol. The molecule has 0 spiro atoms. The third-order valence-electron chi connectivity index (χ3n) is 1.50. The van der Waals surface area contributed by atoms with E-state index in [1.54, 1.807) is 4.90 Å².